The fraction of sp³-hybridized carbons (Fsp3) is 0.565. The predicted molar refractivity (Wildman–Crippen MR) is 108 cm³/mol. The quantitative estimate of drug-likeness (QED) is 0.572. The lowest BCUT2D eigenvalue weighted by Gasteiger charge is -2.26. The van der Waals surface area contributed by atoms with E-state index in [9.17, 15) is 19.2 Å². The Bertz CT molecular complexity index is 828. The molecule has 2 fully saturated rings. The normalized spacial score (nSPS) is 25.5. The van der Waals surface area contributed by atoms with Crippen LogP contribution in [0.5, 0.6) is 0 Å². The second-order valence-electron chi connectivity index (χ2n) is 8.45. The van der Waals surface area contributed by atoms with Crippen molar-refractivity contribution >= 4 is 23.7 Å². The van der Waals surface area contributed by atoms with Gasteiger partial charge in [0, 0.05) is 6.54 Å². The summed E-state index contributed by atoms with van der Waals surface area (Å²) in [6, 6.07) is 7.98. The summed E-state index contributed by atoms with van der Waals surface area (Å²) in [6.45, 7) is -0.328. The van der Waals surface area contributed by atoms with E-state index in [2.05, 4.69) is 11.4 Å². The molecule has 3 amide bonds. The third-order valence-corrected chi connectivity index (χ3v) is 6.54. The molecule has 1 aliphatic heterocycles. The summed E-state index contributed by atoms with van der Waals surface area (Å²) in [5.41, 5.74) is 2.36. The molecule has 1 heterocycles. The first-order valence-electron chi connectivity index (χ1n) is 10.9. The van der Waals surface area contributed by atoms with Crippen molar-refractivity contribution in [2.24, 2.45) is 11.8 Å². The molecule has 2 aliphatic carbocycles. The highest BCUT2D eigenvalue weighted by atomic mass is 16.5. The zero-order valence-corrected chi connectivity index (χ0v) is 17.1. The molecule has 1 saturated carbocycles. The number of carbonyl (C=O) groups is 4. The topological polar surface area (TPSA) is 92.8 Å². The number of aryl methyl sites for hydroxylation is 1. The molecule has 3 atom stereocenters. The van der Waals surface area contributed by atoms with Crippen molar-refractivity contribution in [2.45, 2.75) is 57.4 Å². The number of carbonyl (C=O) groups excluding carboxylic acids is 4. The molecule has 1 saturated heterocycles. The lowest BCUT2D eigenvalue weighted by molar-refractivity contribution is -0.150. The van der Waals surface area contributed by atoms with Gasteiger partial charge in [-0.15, -0.1) is 0 Å². The van der Waals surface area contributed by atoms with Gasteiger partial charge in [-0.25, -0.2) is 0 Å². The van der Waals surface area contributed by atoms with E-state index >= 15 is 0 Å². The van der Waals surface area contributed by atoms with Gasteiger partial charge in [-0.05, 0) is 43.2 Å². The Morgan fingerprint density at radius 3 is 2.43 bits per heavy atom. The van der Waals surface area contributed by atoms with E-state index in [1.54, 1.807) is 0 Å². The van der Waals surface area contributed by atoms with E-state index in [1.807, 2.05) is 18.2 Å². The minimum Gasteiger partial charge on any atom is -0.456 e. The van der Waals surface area contributed by atoms with Gasteiger partial charge in [0.15, 0.2) is 6.61 Å². The second-order valence-corrected chi connectivity index (χ2v) is 8.45. The maximum Gasteiger partial charge on any atom is 0.308 e. The molecule has 1 aromatic rings. The van der Waals surface area contributed by atoms with Crippen molar-refractivity contribution in [1.29, 1.82) is 0 Å². The molecule has 0 aromatic heterocycles. The van der Waals surface area contributed by atoms with Gasteiger partial charge in [-0.2, -0.15) is 0 Å². The van der Waals surface area contributed by atoms with Crippen molar-refractivity contribution in [3.63, 3.8) is 0 Å². The van der Waals surface area contributed by atoms with E-state index < -0.39 is 5.97 Å². The Labute approximate surface area is 176 Å². The van der Waals surface area contributed by atoms with Gasteiger partial charge in [0.25, 0.3) is 5.91 Å². The van der Waals surface area contributed by atoms with Crippen molar-refractivity contribution in [3.05, 3.63) is 35.4 Å². The van der Waals surface area contributed by atoms with E-state index in [-0.39, 0.29) is 55.2 Å². The molecule has 7 nitrogen and oxygen atoms in total. The van der Waals surface area contributed by atoms with Crippen LogP contribution in [0.25, 0.3) is 0 Å². The largest absolute Gasteiger partial charge is 0.456 e. The predicted octanol–water partition coefficient (Wildman–Crippen LogP) is 2.29. The van der Waals surface area contributed by atoms with Crippen LogP contribution >= 0.6 is 0 Å². The summed E-state index contributed by atoms with van der Waals surface area (Å²) < 4.78 is 5.08. The van der Waals surface area contributed by atoms with Crippen molar-refractivity contribution < 1.29 is 23.9 Å². The molecule has 30 heavy (non-hydrogen) atoms. The van der Waals surface area contributed by atoms with Crippen LogP contribution in [-0.2, 0) is 30.3 Å². The second kappa shape index (κ2) is 8.98. The number of rotatable bonds is 6. The third kappa shape index (κ3) is 4.25. The lowest BCUT2D eigenvalue weighted by atomic mass is 9.81. The molecule has 0 radical (unpaired) electrons. The van der Waals surface area contributed by atoms with E-state index in [0.717, 1.165) is 50.5 Å². The number of hydrogen-bond acceptors (Lipinski definition) is 5. The number of nitrogens with one attached hydrogen (secondary N) is 1. The van der Waals surface area contributed by atoms with Crippen LogP contribution in [0.3, 0.4) is 0 Å². The van der Waals surface area contributed by atoms with Crippen molar-refractivity contribution in [1.82, 2.24) is 10.2 Å². The van der Waals surface area contributed by atoms with E-state index in [0.29, 0.717) is 0 Å². The molecule has 0 spiro atoms. The SMILES string of the molecule is O=C(COC(=O)CCN1C(=O)[C@H]2CCCC[C@H]2C1=O)N[C@@H]1CCCc2ccccc21. The fourth-order valence-corrected chi connectivity index (χ4v) is 5.01. The number of likely N-dealkylation sites (tertiary alicyclic amines) is 1. The van der Waals surface area contributed by atoms with Crippen LogP contribution in [0.4, 0.5) is 0 Å². The van der Waals surface area contributed by atoms with E-state index in [1.165, 1.54) is 10.5 Å². The first-order chi connectivity index (χ1) is 14.5. The molecule has 1 aromatic carbocycles. The number of fused-ring (bicyclic) bond motifs is 2. The van der Waals surface area contributed by atoms with Crippen LogP contribution in [0.15, 0.2) is 24.3 Å². The molecular formula is C23H28N2O5. The summed E-state index contributed by atoms with van der Waals surface area (Å²) in [5, 5.41) is 2.94. The molecule has 4 rings (SSSR count). The summed E-state index contributed by atoms with van der Waals surface area (Å²) in [7, 11) is 0. The Morgan fingerprint density at radius 2 is 1.70 bits per heavy atom. The average Bonchev–Trinajstić information content (AvgIpc) is 3.01. The number of esters is 1. The van der Waals surface area contributed by atoms with Crippen molar-refractivity contribution in [2.75, 3.05) is 13.2 Å². The smallest absolute Gasteiger partial charge is 0.308 e. The Balaban J connectivity index is 1.22. The summed E-state index contributed by atoms with van der Waals surface area (Å²) in [6.07, 6.45) is 6.22. The molecule has 160 valence electrons. The average molecular weight is 412 g/mol. The highest BCUT2D eigenvalue weighted by Crippen LogP contribution is 2.38. The number of ether oxygens (including phenoxy) is 1. The number of hydrogen-bond donors (Lipinski definition) is 1. The minimum absolute atomic E-state index is 0.0289. The van der Waals surface area contributed by atoms with Gasteiger partial charge in [0.05, 0.1) is 24.3 Å². The number of amides is 3. The lowest BCUT2D eigenvalue weighted by Crippen LogP contribution is -2.35. The first kappa shape index (κ1) is 20.6. The van der Waals surface area contributed by atoms with Gasteiger partial charge in [-0.1, -0.05) is 37.1 Å². The zero-order chi connectivity index (χ0) is 21.1. The highest BCUT2D eigenvalue weighted by molar-refractivity contribution is 6.05. The monoisotopic (exact) mass is 412 g/mol. The summed E-state index contributed by atoms with van der Waals surface area (Å²) in [4.78, 5) is 50.4. The maximum atomic E-state index is 12.4. The standard InChI is InChI=1S/C23H28N2O5/c26-20(24-19-11-5-7-15-6-1-2-8-16(15)19)14-30-21(27)12-13-25-22(28)17-9-3-4-10-18(17)23(25)29/h1-2,6,8,17-19H,3-5,7,9-14H2,(H,24,26)/t17-,18+,19-/m1/s1. The van der Waals surface area contributed by atoms with Crippen LogP contribution in [0.1, 0.15) is 62.1 Å². The van der Waals surface area contributed by atoms with Gasteiger partial charge in [-0.3, -0.25) is 24.1 Å². The van der Waals surface area contributed by atoms with Gasteiger partial charge >= 0.3 is 5.97 Å². The molecule has 0 bridgehead atoms. The van der Waals surface area contributed by atoms with Crippen LogP contribution in [0, 0.1) is 11.8 Å². The first-order valence-corrected chi connectivity index (χ1v) is 10.9. The number of nitrogens with zero attached hydrogens (tertiary/aromatic N) is 1. The maximum absolute atomic E-state index is 12.4. The van der Waals surface area contributed by atoms with Gasteiger partial charge < -0.3 is 10.1 Å². The Kier molecular flexibility index (Phi) is 6.16. The molecule has 1 N–H and O–H groups in total. The highest BCUT2D eigenvalue weighted by Gasteiger charge is 2.47. The fourth-order valence-electron chi connectivity index (χ4n) is 5.01. The third-order valence-electron chi connectivity index (χ3n) is 6.54. The van der Waals surface area contributed by atoms with Gasteiger partial charge in [0.1, 0.15) is 0 Å². The number of benzene rings is 1. The van der Waals surface area contributed by atoms with Gasteiger partial charge in [0.2, 0.25) is 11.8 Å². The summed E-state index contributed by atoms with van der Waals surface area (Å²) >= 11 is 0. The molecule has 7 heteroatoms. The van der Waals surface area contributed by atoms with E-state index in [4.69, 9.17) is 4.74 Å². The zero-order valence-electron chi connectivity index (χ0n) is 17.1. The van der Waals surface area contributed by atoms with Crippen LogP contribution in [-0.4, -0.2) is 41.7 Å². The van der Waals surface area contributed by atoms with Crippen molar-refractivity contribution in [3.8, 4) is 0 Å². The summed E-state index contributed by atoms with van der Waals surface area (Å²) in [5.74, 6) is -1.68. The minimum atomic E-state index is -0.579. The Morgan fingerprint density at radius 1 is 1.00 bits per heavy atom. The molecule has 3 aliphatic rings. The molecule has 0 unspecified atom stereocenters. The number of imide groups is 1. The molecular weight excluding hydrogens is 384 g/mol. The van der Waals surface area contributed by atoms with Crippen LogP contribution in [0.2, 0.25) is 0 Å². The van der Waals surface area contributed by atoms with Crippen LogP contribution < -0.4 is 5.32 Å². The Hall–Kier alpha value is -2.70.